The highest BCUT2D eigenvalue weighted by Gasteiger charge is 2.38. The fourth-order valence-corrected chi connectivity index (χ4v) is 2.79. The highest BCUT2D eigenvalue weighted by Crippen LogP contribution is 2.38. The molecule has 6 heteroatoms. The molecule has 1 heterocycles. The number of benzene rings is 2. The summed E-state index contributed by atoms with van der Waals surface area (Å²) in [6.45, 7) is 3.69. The van der Waals surface area contributed by atoms with Crippen LogP contribution in [0.2, 0.25) is 10.0 Å². The Hall–Kier alpha value is -2.04. The van der Waals surface area contributed by atoms with Crippen LogP contribution in [0, 0.1) is 0 Å². The molecule has 0 bridgehead atoms. The average Bonchev–Trinajstić information content (AvgIpc) is 2.72. The standard InChI is InChI=1S/C17H14Cl2N2O2/c1-17(2)11-8-10(4-6-14(11)21-16(17)23)20-15(22)9-3-5-12(18)13(19)7-9/h3-8H,1-2H3,(H,20,22)(H,21,23). The quantitative estimate of drug-likeness (QED) is 0.840. The van der Waals surface area contributed by atoms with Crippen LogP contribution in [-0.4, -0.2) is 11.8 Å². The summed E-state index contributed by atoms with van der Waals surface area (Å²) in [6.07, 6.45) is 0. The van der Waals surface area contributed by atoms with E-state index in [0.717, 1.165) is 11.3 Å². The minimum Gasteiger partial charge on any atom is -0.325 e. The number of amides is 2. The van der Waals surface area contributed by atoms with Crippen molar-refractivity contribution in [2.75, 3.05) is 10.6 Å². The number of fused-ring (bicyclic) bond motifs is 1. The van der Waals surface area contributed by atoms with Crippen molar-refractivity contribution in [2.24, 2.45) is 0 Å². The minimum absolute atomic E-state index is 0.0551. The third-order valence-corrected chi connectivity index (χ3v) is 4.69. The Bertz CT molecular complexity index is 831. The number of anilines is 2. The number of carbonyl (C=O) groups is 2. The Morgan fingerprint density at radius 1 is 1.09 bits per heavy atom. The van der Waals surface area contributed by atoms with Crippen molar-refractivity contribution in [1.82, 2.24) is 0 Å². The van der Waals surface area contributed by atoms with Crippen molar-refractivity contribution < 1.29 is 9.59 Å². The largest absolute Gasteiger partial charge is 0.325 e. The van der Waals surface area contributed by atoms with Crippen LogP contribution < -0.4 is 10.6 Å². The monoisotopic (exact) mass is 348 g/mol. The summed E-state index contributed by atoms with van der Waals surface area (Å²) in [7, 11) is 0. The summed E-state index contributed by atoms with van der Waals surface area (Å²) >= 11 is 11.8. The summed E-state index contributed by atoms with van der Waals surface area (Å²) in [6, 6.07) is 10.0. The molecule has 0 atom stereocenters. The van der Waals surface area contributed by atoms with Crippen LogP contribution in [0.5, 0.6) is 0 Å². The molecule has 2 N–H and O–H groups in total. The fourth-order valence-electron chi connectivity index (χ4n) is 2.49. The lowest BCUT2D eigenvalue weighted by molar-refractivity contribution is -0.119. The Kier molecular flexibility index (Phi) is 3.82. The SMILES string of the molecule is CC1(C)C(=O)Nc2ccc(NC(=O)c3ccc(Cl)c(Cl)c3)cc21. The zero-order valence-electron chi connectivity index (χ0n) is 12.5. The lowest BCUT2D eigenvalue weighted by Crippen LogP contribution is -2.26. The lowest BCUT2D eigenvalue weighted by Gasteiger charge is -2.16. The first-order valence-corrected chi connectivity index (χ1v) is 7.77. The second kappa shape index (κ2) is 5.55. The van der Waals surface area contributed by atoms with Gasteiger partial charge in [-0.05, 0) is 55.8 Å². The van der Waals surface area contributed by atoms with Gasteiger partial charge in [-0.2, -0.15) is 0 Å². The summed E-state index contributed by atoms with van der Waals surface area (Å²) in [5.41, 5.74) is 2.03. The van der Waals surface area contributed by atoms with Gasteiger partial charge < -0.3 is 10.6 Å². The zero-order valence-corrected chi connectivity index (χ0v) is 14.0. The van der Waals surface area contributed by atoms with Crippen LogP contribution in [0.3, 0.4) is 0 Å². The van der Waals surface area contributed by atoms with E-state index in [1.165, 1.54) is 6.07 Å². The maximum absolute atomic E-state index is 12.3. The van der Waals surface area contributed by atoms with Gasteiger partial charge in [0, 0.05) is 16.9 Å². The lowest BCUT2D eigenvalue weighted by atomic mass is 9.86. The predicted octanol–water partition coefficient (Wildman–Crippen LogP) is 4.48. The first kappa shape index (κ1) is 15.8. The normalized spacial score (nSPS) is 15.0. The molecule has 4 nitrogen and oxygen atoms in total. The molecule has 0 saturated heterocycles. The van der Waals surface area contributed by atoms with E-state index in [1.54, 1.807) is 24.3 Å². The fraction of sp³-hybridized carbons (Fsp3) is 0.176. The Labute approximate surface area is 143 Å². The predicted molar refractivity (Wildman–Crippen MR) is 92.5 cm³/mol. The molecule has 2 amide bonds. The molecule has 0 aliphatic carbocycles. The molecule has 3 rings (SSSR count). The molecule has 0 radical (unpaired) electrons. The van der Waals surface area contributed by atoms with E-state index in [-0.39, 0.29) is 11.8 Å². The summed E-state index contributed by atoms with van der Waals surface area (Å²) in [5, 5.41) is 6.36. The molecule has 1 aliphatic rings. The minimum atomic E-state index is -0.625. The van der Waals surface area contributed by atoms with Gasteiger partial charge in [0.15, 0.2) is 0 Å². The Morgan fingerprint density at radius 2 is 1.83 bits per heavy atom. The van der Waals surface area contributed by atoms with Crippen LogP contribution >= 0.6 is 23.2 Å². The first-order chi connectivity index (χ1) is 10.8. The van der Waals surface area contributed by atoms with Crippen molar-refractivity contribution >= 4 is 46.4 Å². The second-order valence-corrected chi connectivity index (χ2v) is 6.74. The maximum atomic E-state index is 12.3. The van der Waals surface area contributed by atoms with Crippen molar-refractivity contribution in [1.29, 1.82) is 0 Å². The smallest absolute Gasteiger partial charge is 0.255 e. The molecular weight excluding hydrogens is 335 g/mol. The van der Waals surface area contributed by atoms with E-state index in [1.807, 2.05) is 19.9 Å². The van der Waals surface area contributed by atoms with E-state index in [4.69, 9.17) is 23.2 Å². The van der Waals surface area contributed by atoms with E-state index < -0.39 is 5.41 Å². The summed E-state index contributed by atoms with van der Waals surface area (Å²) < 4.78 is 0. The van der Waals surface area contributed by atoms with Gasteiger partial charge in [-0.15, -0.1) is 0 Å². The third-order valence-electron chi connectivity index (χ3n) is 3.95. The second-order valence-electron chi connectivity index (χ2n) is 5.92. The van der Waals surface area contributed by atoms with E-state index in [2.05, 4.69) is 10.6 Å². The van der Waals surface area contributed by atoms with Crippen molar-refractivity contribution in [3.05, 3.63) is 57.6 Å². The molecule has 0 aromatic heterocycles. The van der Waals surface area contributed by atoms with Crippen molar-refractivity contribution in [3.8, 4) is 0 Å². The van der Waals surface area contributed by atoms with Gasteiger partial charge in [-0.3, -0.25) is 9.59 Å². The molecule has 0 fully saturated rings. The number of halogens is 2. The topological polar surface area (TPSA) is 58.2 Å². The van der Waals surface area contributed by atoms with Gasteiger partial charge in [0.2, 0.25) is 5.91 Å². The van der Waals surface area contributed by atoms with Gasteiger partial charge in [0.25, 0.3) is 5.91 Å². The molecule has 0 unspecified atom stereocenters. The van der Waals surface area contributed by atoms with Crippen LogP contribution in [0.25, 0.3) is 0 Å². The molecule has 0 saturated carbocycles. The van der Waals surface area contributed by atoms with Crippen LogP contribution in [0.4, 0.5) is 11.4 Å². The number of rotatable bonds is 2. The molecule has 118 valence electrons. The molecule has 2 aromatic rings. The van der Waals surface area contributed by atoms with Crippen LogP contribution in [-0.2, 0) is 10.2 Å². The van der Waals surface area contributed by atoms with E-state index in [9.17, 15) is 9.59 Å². The van der Waals surface area contributed by atoms with E-state index >= 15 is 0 Å². The van der Waals surface area contributed by atoms with Gasteiger partial charge in [0.1, 0.15) is 0 Å². The van der Waals surface area contributed by atoms with E-state index in [0.29, 0.717) is 21.3 Å². The van der Waals surface area contributed by atoms with Gasteiger partial charge in [0.05, 0.1) is 15.5 Å². The van der Waals surface area contributed by atoms with Crippen molar-refractivity contribution in [2.45, 2.75) is 19.3 Å². The summed E-state index contributed by atoms with van der Waals surface area (Å²) in [5.74, 6) is -0.348. The zero-order chi connectivity index (χ0) is 16.8. The first-order valence-electron chi connectivity index (χ1n) is 7.01. The molecule has 0 spiro atoms. The number of nitrogens with one attached hydrogen (secondary N) is 2. The Balaban J connectivity index is 1.87. The highest BCUT2D eigenvalue weighted by atomic mass is 35.5. The molecule has 2 aromatic carbocycles. The number of carbonyl (C=O) groups excluding carboxylic acids is 2. The molecule has 23 heavy (non-hydrogen) atoms. The van der Waals surface area contributed by atoms with Gasteiger partial charge in [-0.1, -0.05) is 23.2 Å². The average molecular weight is 349 g/mol. The van der Waals surface area contributed by atoms with Gasteiger partial charge >= 0.3 is 0 Å². The van der Waals surface area contributed by atoms with Crippen LogP contribution in [0.1, 0.15) is 29.8 Å². The summed E-state index contributed by atoms with van der Waals surface area (Å²) in [4.78, 5) is 24.3. The third kappa shape index (κ3) is 2.80. The number of hydrogen-bond acceptors (Lipinski definition) is 2. The maximum Gasteiger partial charge on any atom is 0.255 e. The van der Waals surface area contributed by atoms with Crippen molar-refractivity contribution in [3.63, 3.8) is 0 Å². The van der Waals surface area contributed by atoms with Crippen LogP contribution in [0.15, 0.2) is 36.4 Å². The molecule has 1 aliphatic heterocycles. The number of hydrogen-bond donors (Lipinski definition) is 2. The Morgan fingerprint density at radius 3 is 2.52 bits per heavy atom. The highest BCUT2D eigenvalue weighted by molar-refractivity contribution is 6.42. The van der Waals surface area contributed by atoms with Gasteiger partial charge in [-0.25, -0.2) is 0 Å². The molecular formula is C17H14Cl2N2O2.